The van der Waals surface area contributed by atoms with Gasteiger partial charge >= 0.3 is 0 Å². The molecule has 0 radical (unpaired) electrons. The summed E-state index contributed by atoms with van der Waals surface area (Å²) in [5, 5.41) is 9.25. The molecule has 0 saturated carbocycles. The minimum absolute atomic E-state index is 0.796. The van der Waals surface area contributed by atoms with Crippen LogP contribution in [0.3, 0.4) is 0 Å². The fraction of sp³-hybridized carbons (Fsp3) is 0.167. The highest BCUT2D eigenvalue weighted by atomic mass is 35.5. The van der Waals surface area contributed by atoms with Gasteiger partial charge in [-0.15, -0.1) is 10.2 Å². The number of benzene rings is 1. The van der Waals surface area contributed by atoms with Gasteiger partial charge in [-0.05, 0) is 0 Å². The van der Waals surface area contributed by atoms with Crippen molar-refractivity contribution in [3.05, 3.63) is 41.9 Å². The van der Waals surface area contributed by atoms with E-state index in [4.69, 9.17) is 11.6 Å². The molecule has 0 atom stereocenters. The predicted octanol–water partition coefficient (Wildman–Crippen LogP) is 3.33. The number of rotatable bonds is 4. The van der Waals surface area contributed by atoms with Crippen molar-refractivity contribution in [2.24, 2.45) is 7.05 Å². The largest absolute Gasteiger partial charge is 0.305 e. The highest BCUT2D eigenvalue weighted by molar-refractivity contribution is 7.99. The van der Waals surface area contributed by atoms with Gasteiger partial charge < -0.3 is 4.57 Å². The normalized spacial score (nSPS) is 11.2. The quantitative estimate of drug-likeness (QED) is 0.795. The van der Waals surface area contributed by atoms with Crippen molar-refractivity contribution in [1.29, 1.82) is 0 Å². The van der Waals surface area contributed by atoms with E-state index < -0.39 is 0 Å². The second-order valence-electron chi connectivity index (χ2n) is 3.40. The topological polar surface area (TPSA) is 30.7 Å². The zero-order chi connectivity index (χ0) is 12.1. The van der Waals surface area contributed by atoms with Crippen molar-refractivity contribution in [3.63, 3.8) is 0 Å². The number of aromatic nitrogens is 3. The maximum atomic E-state index is 5.47. The minimum atomic E-state index is 0.796. The molecule has 0 spiro atoms. The molecule has 3 nitrogen and oxygen atoms in total. The second-order valence-corrected chi connectivity index (χ2v) is 4.64. The smallest absolute Gasteiger partial charge is 0.191 e. The van der Waals surface area contributed by atoms with Gasteiger partial charge in [0.1, 0.15) is 0 Å². The first-order valence-electron chi connectivity index (χ1n) is 5.15. The molecular weight excluding hydrogens is 254 g/mol. The van der Waals surface area contributed by atoms with Crippen LogP contribution in [0.5, 0.6) is 0 Å². The highest BCUT2D eigenvalue weighted by Crippen LogP contribution is 2.22. The molecule has 0 aliphatic rings. The summed E-state index contributed by atoms with van der Waals surface area (Å²) in [6, 6.07) is 10.0. The van der Waals surface area contributed by atoms with E-state index in [1.807, 2.05) is 48.0 Å². The average molecular weight is 266 g/mol. The Bertz CT molecular complexity index is 508. The molecule has 0 N–H and O–H groups in total. The van der Waals surface area contributed by atoms with E-state index in [0.29, 0.717) is 0 Å². The second kappa shape index (κ2) is 5.89. The zero-order valence-electron chi connectivity index (χ0n) is 9.38. The van der Waals surface area contributed by atoms with Crippen molar-refractivity contribution >= 4 is 23.4 Å². The molecule has 1 aromatic carbocycles. The SMILES string of the molecule is Cn1c(SCC=CCl)nnc1-c1ccccc1. The lowest BCUT2D eigenvalue weighted by Crippen LogP contribution is -1.94. The van der Waals surface area contributed by atoms with Gasteiger partial charge in [-0.25, -0.2) is 0 Å². The number of thioether (sulfide) groups is 1. The minimum Gasteiger partial charge on any atom is -0.305 e. The lowest BCUT2D eigenvalue weighted by atomic mass is 10.2. The zero-order valence-corrected chi connectivity index (χ0v) is 10.9. The van der Waals surface area contributed by atoms with Crippen LogP contribution < -0.4 is 0 Å². The van der Waals surface area contributed by atoms with E-state index in [9.17, 15) is 0 Å². The molecular formula is C12H12ClN3S. The maximum absolute atomic E-state index is 5.47. The van der Waals surface area contributed by atoms with E-state index in [1.165, 1.54) is 5.54 Å². The van der Waals surface area contributed by atoms with Crippen LogP contribution in [0.15, 0.2) is 47.1 Å². The van der Waals surface area contributed by atoms with Crippen LogP contribution in [0, 0.1) is 0 Å². The van der Waals surface area contributed by atoms with E-state index >= 15 is 0 Å². The molecule has 0 aliphatic carbocycles. The molecule has 0 bridgehead atoms. The number of hydrogen-bond acceptors (Lipinski definition) is 3. The summed E-state index contributed by atoms with van der Waals surface area (Å²) in [4.78, 5) is 0. The monoisotopic (exact) mass is 265 g/mol. The summed E-state index contributed by atoms with van der Waals surface area (Å²) in [6.45, 7) is 0. The van der Waals surface area contributed by atoms with E-state index in [0.717, 1.165) is 22.3 Å². The molecule has 17 heavy (non-hydrogen) atoms. The molecule has 1 heterocycles. The lowest BCUT2D eigenvalue weighted by Gasteiger charge is -2.02. The first kappa shape index (κ1) is 12.2. The first-order valence-corrected chi connectivity index (χ1v) is 6.58. The molecule has 2 aromatic rings. The van der Waals surface area contributed by atoms with Gasteiger partial charge in [-0.3, -0.25) is 0 Å². The molecule has 5 heteroatoms. The highest BCUT2D eigenvalue weighted by Gasteiger charge is 2.09. The Hall–Kier alpha value is -1.26. The summed E-state index contributed by atoms with van der Waals surface area (Å²) in [5.74, 6) is 1.67. The van der Waals surface area contributed by atoms with E-state index in [1.54, 1.807) is 11.8 Å². The van der Waals surface area contributed by atoms with Crippen molar-refractivity contribution in [1.82, 2.24) is 14.8 Å². The van der Waals surface area contributed by atoms with Gasteiger partial charge in [0.2, 0.25) is 0 Å². The van der Waals surface area contributed by atoms with Gasteiger partial charge in [0.15, 0.2) is 11.0 Å². The van der Waals surface area contributed by atoms with Gasteiger partial charge in [-0.2, -0.15) is 0 Å². The Morgan fingerprint density at radius 3 is 2.76 bits per heavy atom. The van der Waals surface area contributed by atoms with Gasteiger partial charge in [0.05, 0.1) is 0 Å². The fourth-order valence-corrected chi connectivity index (χ4v) is 2.35. The molecule has 1 aromatic heterocycles. The van der Waals surface area contributed by atoms with Crippen molar-refractivity contribution < 1.29 is 0 Å². The Morgan fingerprint density at radius 2 is 2.06 bits per heavy atom. The first-order chi connectivity index (χ1) is 8.33. The third-order valence-corrected chi connectivity index (χ3v) is 3.42. The van der Waals surface area contributed by atoms with Crippen molar-refractivity contribution in [2.75, 3.05) is 5.75 Å². The Morgan fingerprint density at radius 1 is 1.29 bits per heavy atom. The number of hydrogen-bond donors (Lipinski definition) is 0. The van der Waals surface area contributed by atoms with Gasteiger partial charge in [0, 0.05) is 23.9 Å². The Kier molecular flexibility index (Phi) is 4.23. The van der Waals surface area contributed by atoms with Crippen molar-refractivity contribution in [3.8, 4) is 11.4 Å². The van der Waals surface area contributed by atoms with E-state index in [-0.39, 0.29) is 0 Å². The van der Waals surface area contributed by atoms with Crippen LogP contribution in [-0.4, -0.2) is 20.5 Å². The average Bonchev–Trinajstić information content (AvgIpc) is 2.73. The molecule has 0 fully saturated rings. The van der Waals surface area contributed by atoms with Gasteiger partial charge in [0.25, 0.3) is 0 Å². The summed E-state index contributed by atoms with van der Waals surface area (Å²) in [7, 11) is 1.97. The Balaban J connectivity index is 2.21. The van der Waals surface area contributed by atoms with Crippen LogP contribution >= 0.6 is 23.4 Å². The molecule has 2 rings (SSSR count). The Labute approximate surface area is 110 Å². The summed E-state index contributed by atoms with van der Waals surface area (Å²) in [5.41, 5.74) is 2.59. The van der Waals surface area contributed by atoms with Gasteiger partial charge in [-0.1, -0.05) is 59.8 Å². The van der Waals surface area contributed by atoms with Crippen LogP contribution in [0.4, 0.5) is 0 Å². The van der Waals surface area contributed by atoms with Crippen LogP contribution in [0.25, 0.3) is 11.4 Å². The van der Waals surface area contributed by atoms with E-state index in [2.05, 4.69) is 10.2 Å². The molecule has 88 valence electrons. The third kappa shape index (κ3) is 2.90. The van der Waals surface area contributed by atoms with Crippen LogP contribution in [-0.2, 0) is 7.05 Å². The maximum Gasteiger partial charge on any atom is 0.191 e. The number of halogens is 1. The molecule has 0 aliphatic heterocycles. The molecule has 0 saturated heterocycles. The molecule has 0 amide bonds. The summed E-state index contributed by atoms with van der Waals surface area (Å²) in [6.07, 6.45) is 1.88. The summed E-state index contributed by atoms with van der Waals surface area (Å²) < 4.78 is 1.99. The van der Waals surface area contributed by atoms with Crippen LogP contribution in [0.1, 0.15) is 0 Å². The number of nitrogens with zero attached hydrogens (tertiary/aromatic N) is 3. The fourth-order valence-electron chi connectivity index (χ4n) is 1.44. The molecule has 0 unspecified atom stereocenters. The standard InChI is InChI=1S/C12H12ClN3S/c1-16-11(10-6-3-2-4-7-10)14-15-12(16)17-9-5-8-13/h2-8H,9H2,1H3. The predicted molar refractivity (Wildman–Crippen MR) is 72.2 cm³/mol. The summed E-state index contributed by atoms with van der Waals surface area (Å²) >= 11 is 7.08. The lowest BCUT2D eigenvalue weighted by molar-refractivity contribution is 0.795. The van der Waals surface area contributed by atoms with Crippen LogP contribution in [0.2, 0.25) is 0 Å². The van der Waals surface area contributed by atoms with Crippen molar-refractivity contribution in [2.45, 2.75) is 5.16 Å². The third-order valence-electron chi connectivity index (χ3n) is 2.26.